The van der Waals surface area contributed by atoms with Crippen molar-refractivity contribution in [3.8, 4) is 11.6 Å². The van der Waals surface area contributed by atoms with Gasteiger partial charge in [0.1, 0.15) is 6.61 Å². The summed E-state index contributed by atoms with van der Waals surface area (Å²) < 4.78 is 21.3. The Balaban J connectivity index is 1.77. The lowest BCUT2D eigenvalue weighted by Crippen LogP contribution is -2.03. The predicted octanol–water partition coefficient (Wildman–Crippen LogP) is 3.80. The summed E-state index contributed by atoms with van der Waals surface area (Å²) in [6.45, 7) is 0.108. The number of hydrogen-bond donors (Lipinski definition) is 0. The second-order valence-electron chi connectivity index (χ2n) is 4.34. The second-order valence-corrected chi connectivity index (χ2v) is 5.67. The lowest BCUT2D eigenvalue weighted by atomic mass is 10.3. The Kier molecular flexibility index (Phi) is 4.35. The van der Waals surface area contributed by atoms with E-state index in [1.165, 1.54) is 10.7 Å². The number of halogens is 3. The molecule has 0 saturated heterocycles. The van der Waals surface area contributed by atoms with Gasteiger partial charge in [0.25, 0.3) is 0 Å². The smallest absolute Gasteiger partial charge is 0.165 e. The maximum atomic E-state index is 13.6. The van der Waals surface area contributed by atoms with Crippen LogP contribution in [0.5, 0.6) is 5.75 Å². The van der Waals surface area contributed by atoms with Crippen LogP contribution in [0.1, 0.15) is 5.56 Å². The highest BCUT2D eigenvalue weighted by molar-refractivity contribution is 9.10. The molecular formula is C14H9BrClFN4O. The van der Waals surface area contributed by atoms with Gasteiger partial charge < -0.3 is 4.74 Å². The second kappa shape index (κ2) is 6.41. The summed E-state index contributed by atoms with van der Waals surface area (Å²) in [5, 5.41) is 7.99. The lowest BCUT2D eigenvalue weighted by molar-refractivity contribution is 0.289. The summed E-state index contributed by atoms with van der Waals surface area (Å²) in [5.74, 6) is 0.247. The molecule has 22 heavy (non-hydrogen) atoms. The van der Waals surface area contributed by atoms with E-state index in [9.17, 15) is 4.39 Å². The van der Waals surface area contributed by atoms with Crippen molar-refractivity contribution in [3.05, 3.63) is 63.7 Å². The quantitative estimate of drug-likeness (QED) is 0.688. The van der Waals surface area contributed by atoms with Gasteiger partial charge in [-0.05, 0) is 18.2 Å². The van der Waals surface area contributed by atoms with Gasteiger partial charge in [0.15, 0.2) is 17.4 Å². The van der Waals surface area contributed by atoms with Crippen LogP contribution in [0, 0.1) is 5.82 Å². The van der Waals surface area contributed by atoms with E-state index in [1.54, 1.807) is 36.8 Å². The van der Waals surface area contributed by atoms with Gasteiger partial charge >= 0.3 is 0 Å². The molecule has 3 rings (SSSR count). The van der Waals surface area contributed by atoms with Crippen molar-refractivity contribution >= 4 is 27.5 Å². The van der Waals surface area contributed by atoms with Crippen LogP contribution in [-0.2, 0) is 6.61 Å². The van der Waals surface area contributed by atoms with E-state index in [1.807, 2.05) is 0 Å². The average molecular weight is 384 g/mol. The molecule has 0 N–H and O–H groups in total. The normalized spacial score (nSPS) is 10.7. The highest BCUT2D eigenvalue weighted by Crippen LogP contribution is 2.25. The van der Waals surface area contributed by atoms with Gasteiger partial charge in [0, 0.05) is 22.3 Å². The van der Waals surface area contributed by atoms with Gasteiger partial charge in [-0.2, -0.15) is 0 Å². The monoisotopic (exact) mass is 382 g/mol. The van der Waals surface area contributed by atoms with Crippen LogP contribution in [0.25, 0.3) is 5.82 Å². The van der Waals surface area contributed by atoms with E-state index in [-0.39, 0.29) is 12.4 Å². The minimum atomic E-state index is -0.438. The van der Waals surface area contributed by atoms with E-state index in [2.05, 4.69) is 31.2 Å². The Bertz CT molecular complexity index is 798. The van der Waals surface area contributed by atoms with Crippen molar-refractivity contribution in [3.63, 3.8) is 0 Å². The van der Waals surface area contributed by atoms with Gasteiger partial charge in [-0.25, -0.2) is 14.1 Å². The Hall–Kier alpha value is -1.99. The molecule has 0 amide bonds. The van der Waals surface area contributed by atoms with Crippen LogP contribution in [-0.4, -0.2) is 20.0 Å². The first-order chi connectivity index (χ1) is 10.6. The number of benzene rings is 1. The molecule has 0 aliphatic carbocycles. The number of rotatable bonds is 4. The lowest BCUT2D eigenvalue weighted by Gasteiger charge is -2.09. The number of nitrogens with zero attached hydrogens (tertiary/aromatic N) is 4. The molecule has 2 heterocycles. The van der Waals surface area contributed by atoms with Crippen LogP contribution < -0.4 is 4.74 Å². The van der Waals surface area contributed by atoms with Crippen LogP contribution in [0.4, 0.5) is 4.39 Å². The summed E-state index contributed by atoms with van der Waals surface area (Å²) in [6, 6.07) is 6.13. The molecule has 1 aromatic carbocycles. The molecule has 5 nitrogen and oxygen atoms in total. The number of hydrogen-bond acceptors (Lipinski definition) is 4. The van der Waals surface area contributed by atoms with Gasteiger partial charge in [-0.1, -0.05) is 32.7 Å². The van der Waals surface area contributed by atoms with E-state index in [0.29, 0.717) is 16.4 Å². The molecule has 3 aromatic rings. The van der Waals surface area contributed by atoms with Crippen molar-refractivity contribution in [2.45, 2.75) is 6.61 Å². The molecule has 0 unspecified atom stereocenters. The predicted molar refractivity (Wildman–Crippen MR) is 82.6 cm³/mol. The molecule has 0 fully saturated rings. The minimum Gasteiger partial charge on any atom is -0.486 e. The molecule has 112 valence electrons. The summed E-state index contributed by atoms with van der Waals surface area (Å²) in [5.41, 5.74) is 0.643. The van der Waals surface area contributed by atoms with Crippen LogP contribution in [0.3, 0.4) is 0 Å². The van der Waals surface area contributed by atoms with E-state index in [0.717, 1.165) is 4.47 Å². The average Bonchev–Trinajstić information content (AvgIpc) is 3.03. The van der Waals surface area contributed by atoms with Gasteiger partial charge in [-0.15, -0.1) is 5.10 Å². The Morgan fingerprint density at radius 3 is 2.91 bits per heavy atom. The van der Waals surface area contributed by atoms with Crippen LogP contribution in [0.15, 0.2) is 47.3 Å². The van der Waals surface area contributed by atoms with Crippen molar-refractivity contribution in [1.82, 2.24) is 20.0 Å². The van der Waals surface area contributed by atoms with E-state index >= 15 is 0 Å². The minimum absolute atomic E-state index is 0.108. The zero-order chi connectivity index (χ0) is 15.5. The third-order valence-corrected chi connectivity index (χ3v) is 3.69. The molecule has 0 aliphatic heterocycles. The number of ether oxygens (including phenoxy) is 1. The maximum Gasteiger partial charge on any atom is 0.165 e. The molecule has 8 heteroatoms. The summed E-state index contributed by atoms with van der Waals surface area (Å²) in [7, 11) is 0. The third kappa shape index (κ3) is 3.26. The van der Waals surface area contributed by atoms with Crippen molar-refractivity contribution in [2.75, 3.05) is 0 Å². The topological polar surface area (TPSA) is 52.8 Å². The maximum absolute atomic E-state index is 13.6. The molecule has 0 atom stereocenters. The van der Waals surface area contributed by atoms with Crippen LogP contribution >= 0.6 is 27.5 Å². The molecule has 0 bridgehead atoms. The Morgan fingerprint density at radius 1 is 1.32 bits per heavy atom. The van der Waals surface area contributed by atoms with Gasteiger partial charge in [0.05, 0.1) is 17.4 Å². The first-order valence-corrected chi connectivity index (χ1v) is 7.39. The highest BCUT2D eigenvalue weighted by atomic mass is 79.9. The third-order valence-electron chi connectivity index (χ3n) is 2.85. The molecule has 0 aliphatic rings. The molecule has 0 spiro atoms. The number of pyridine rings is 1. The summed E-state index contributed by atoms with van der Waals surface area (Å²) in [4.78, 5) is 4.23. The van der Waals surface area contributed by atoms with Gasteiger partial charge in [-0.3, -0.25) is 0 Å². The zero-order valence-electron chi connectivity index (χ0n) is 11.1. The molecular weight excluding hydrogens is 375 g/mol. The fourth-order valence-electron chi connectivity index (χ4n) is 1.75. The van der Waals surface area contributed by atoms with Crippen molar-refractivity contribution in [1.29, 1.82) is 0 Å². The summed E-state index contributed by atoms with van der Waals surface area (Å²) >= 11 is 9.47. The summed E-state index contributed by atoms with van der Waals surface area (Å²) in [6.07, 6.45) is 4.77. The van der Waals surface area contributed by atoms with E-state index < -0.39 is 5.82 Å². The number of aromatic nitrogens is 4. The standard InChI is InChI=1S/C14H9BrClFN4O/c15-10-1-2-12(17)13(5-10)22-8-9-7-18-14(6-11(9)16)21-4-3-19-20-21/h1-7H,8H2. The SMILES string of the molecule is Fc1ccc(Br)cc1OCc1cnc(-n2ccnn2)cc1Cl. The molecule has 2 aromatic heterocycles. The Morgan fingerprint density at radius 2 is 2.18 bits per heavy atom. The first-order valence-electron chi connectivity index (χ1n) is 6.22. The fraction of sp³-hybridized carbons (Fsp3) is 0.0714. The Labute approximate surface area is 138 Å². The largest absolute Gasteiger partial charge is 0.486 e. The zero-order valence-corrected chi connectivity index (χ0v) is 13.4. The molecule has 0 saturated carbocycles. The van der Waals surface area contributed by atoms with Gasteiger partial charge in [0.2, 0.25) is 0 Å². The van der Waals surface area contributed by atoms with Crippen molar-refractivity contribution in [2.24, 2.45) is 0 Å². The first kappa shape index (κ1) is 14.9. The molecule has 0 radical (unpaired) electrons. The highest BCUT2D eigenvalue weighted by Gasteiger charge is 2.09. The van der Waals surface area contributed by atoms with E-state index in [4.69, 9.17) is 16.3 Å². The van der Waals surface area contributed by atoms with Crippen molar-refractivity contribution < 1.29 is 9.13 Å². The fourth-order valence-corrected chi connectivity index (χ4v) is 2.30. The van der Waals surface area contributed by atoms with Crippen LogP contribution in [0.2, 0.25) is 5.02 Å².